The van der Waals surface area contributed by atoms with Gasteiger partial charge in [-0.3, -0.25) is 9.69 Å². The molecule has 27 heavy (non-hydrogen) atoms. The van der Waals surface area contributed by atoms with Crippen molar-refractivity contribution in [3.8, 4) is 0 Å². The fraction of sp³-hybridized carbons (Fsp3) is 0.450. The Morgan fingerprint density at radius 2 is 1.93 bits per heavy atom. The quantitative estimate of drug-likeness (QED) is 0.854. The monoisotopic (exact) mass is 387 g/mol. The van der Waals surface area contributed by atoms with E-state index in [0.29, 0.717) is 11.6 Å². The van der Waals surface area contributed by atoms with Gasteiger partial charge in [-0.05, 0) is 38.0 Å². The smallest absolute Gasteiger partial charge is 0.238 e. The van der Waals surface area contributed by atoms with Gasteiger partial charge in [0.05, 0.1) is 6.54 Å². The Morgan fingerprint density at radius 1 is 1.19 bits per heavy atom. The van der Waals surface area contributed by atoms with E-state index in [0.717, 1.165) is 55.4 Å². The molecule has 1 aromatic carbocycles. The van der Waals surface area contributed by atoms with E-state index in [4.69, 9.17) is 11.6 Å². The molecule has 0 spiro atoms. The molecule has 1 aliphatic heterocycles. The minimum atomic E-state index is -0.0130. The summed E-state index contributed by atoms with van der Waals surface area (Å²) in [5, 5.41) is 3.63. The maximum Gasteiger partial charge on any atom is 0.238 e. The average Bonchev–Trinajstić information content (AvgIpc) is 2.66. The number of aryl methyl sites for hydroxylation is 1. The molecule has 1 amide bonds. The van der Waals surface area contributed by atoms with Crippen molar-refractivity contribution in [2.24, 2.45) is 0 Å². The molecule has 1 aromatic heterocycles. The number of halogens is 1. The molecule has 1 aliphatic rings. The van der Waals surface area contributed by atoms with Crippen molar-refractivity contribution in [1.29, 1.82) is 0 Å². The van der Waals surface area contributed by atoms with Crippen LogP contribution < -0.4 is 10.2 Å². The second kappa shape index (κ2) is 8.67. The third kappa shape index (κ3) is 4.57. The van der Waals surface area contributed by atoms with E-state index in [2.05, 4.69) is 32.0 Å². The van der Waals surface area contributed by atoms with Gasteiger partial charge in [-0.25, -0.2) is 9.97 Å². The lowest BCUT2D eigenvalue weighted by atomic mass is 10.1. The van der Waals surface area contributed by atoms with Crippen LogP contribution in [-0.2, 0) is 11.2 Å². The predicted octanol–water partition coefficient (Wildman–Crippen LogP) is 3.07. The molecule has 144 valence electrons. The molecule has 0 aliphatic carbocycles. The molecule has 0 bridgehead atoms. The third-order valence-corrected chi connectivity index (χ3v) is 5.48. The normalized spacial score (nSPS) is 15.0. The van der Waals surface area contributed by atoms with Crippen molar-refractivity contribution >= 4 is 29.0 Å². The molecule has 2 heterocycles. The average molecular weight is 388 g/mol. The second-order valence-corrected chi connectivity index (χ2v) is 7.25. The Labute approximate surface area is 165 Å². The number of rotatable bonds is 5. The minimum Gasteiger partial charge on any atom is -0.354 e. The second-order valence-electron chi connectivity index (χ2n) is 6.84. The minimum absolute atomic E-state index is 0.0130. The Bertz CT molecular complexity index is 818. The van der Waals surface area contributed by atoms with Crippen molar-refractivity contribution in [1.82, 2.24) is 14.9 Å². The molecule has 1 fully saturated rings. The van der Waals surface area contributed by atoms with Gasteiger partial charge in [0.1, 0.15) is 12.1 Å². The zero-order valence-corrected chi connectivity index (χ0v) is 16.9. The SMILES string of the molecule is CCc1c(C)ncnc1N1CCN(CC(=O)Nc2cccc(Cl)c2C)CC1. The Balaban J connectivity index is 1.56. The number of aromatic nitrogens is 2. The molecule has 0 unspecified atom stereocenters. The summed E-state index contributed by atoms with van der Waals surface area (Å²) in [6, 6.07) is 5.55. The Kier molecular flexibility index (Phi) is 6.29. The van der Waals surface area contributed by atoms with Crippen LogP contribution in [-0.4, -0.2) is 53.5 Å². The lowest BCUT2D eigenvalue weighted by Gasteiger charge is -2.36. The lowest BCUT2D eigenvalue weighted by Crippen LogP contribution is -2.49. The Morgan fingerprint density at radius 3 is 2.63 bits per heavy atom. The van der Waals surface area contributed by atoms with Crippen LogP contribution in [0.4, 0.5) is 11.5 Å². The van der Waals surface area contributed by atoms with Crippen LogP contribution in [0.1, 0.15) is 23.7 Å². The maximum atomic E-state index is 12.4. The first kappa shape index (κ1) is 19.6. The van der Waals surface area contributed by atoms with Crippen molar-refractivity contribution in [3.63, 3.8) is 0 Å². The fourth-order valence-electron chi connectivity index (χ4n) is 3.43. The summed E-state index contributed by atoms with van der Waals surface area (Å²) in [7, 11) is 0. The summed E-state index contributed by atoms with van der Waals surface area (Å²) in [6.45, 7) is 9.81. The Hall–Kier alpha value is -2.18. The van der Waals surface area contributed by atoms with Crippen molar-refractivity contribution < 1.29 is 4.79 Å². The number of carbonyl (C=O) groups is 1. The van der Waals surface area contributed by atoms with E-state index >= 15 is 0 Å². The standard InChI is InChI=1S/C20H26ClN5O/c1-4-16-15(3)22-13-23-20(16)26-10-8-25(9-11-26)12-19(27)24-18-7-5-6-17(21)14(18)2/h5-7,13H,4,8-12H2,1-3H3,(H,24,27). The highest BCUT2D eigenvalue weighted by molar-refractivity contribution is 6.31. The summed E-state index contributed by atoms with van der Waals surface area (Å²) in [5.41, 5.74) is 3.92. The van der Waals surface area contributed by atoms with Gasteiger partial charge in [0.2, 0.25) is 5.91 Å². The number of amides is 1. The van der Waals surface area contributed by atoms with Crippen LogP contribution in [0.2, 0.25) is 5.02 Å². The highest BCUT2D eigenvalue weighted by Crippen LogP contribution is 2.23. The van der Waals surface area contributed by atoms with E-state index < -0.39 is 0 Å². The van der Waals surface area contributed by atoms with Gasteiger partial charge in [0, 0.05) is 48.1 Å². The van der Waals surface area contributed by atoms with Crippen LogP contribution >= 0.6 is 11.6 Å². The van der Waals surface area contributed by atoms with E-state index in [9.17, 15) is 4.79 Å². The summed E-state index contributed by atoms with van der Waals surface area (Å²) in [4.78, 5) is 25.7. The van der Waals surface area contributed by atoms with Gasteiger partial charge in [-0.2, -0.15) is 0 Å². The van der Waals surface area contributed by atoms with Crippen molar-refractivity contribution in [2.45, 2.75) is 27.2 Å². The molecular weight excluding hydrogens is 362 g/mol. The maximum absolute atomic E-state index is 12.4. The molecule has 1 N–H and O–H groups in total. The van der Waals surface area contributed by atoms with Gasteiger partial charge in [0.15, 0.2) is 0 Å². The summed E-state index contributed by atoms with van der Waals surface area (Å²) >= 11 is 6.12. The number of hydrogen-bond donors (Lipinski definition) is 1. The van der Waals surface area contributed by atoms with E-state index in [1.165, 1.54) is 5.56 Å². The van der Waals surface area contributed by atoms with Crippen molar-refractivity contribution in [3.05, 3.63) is 46.4 Å². The van der Waals surface area contributed by atoms with Crippen LogP contribution in [0.25, 0.3) is 0 Å². The third-order valence-electron chi connectivity index (χ3n) is 5.07. The zero-order chi connectivity index (χ0) is 19.4. The number of anilines is 2. The highest BCUT2D eigenvalue weighted by Gasteiger charge is 2.22. The number of hydrogen-bond acceptors (Lipinski definition) is 5. The molecule has 2 aromatic rings. The van der Waals surface area contributed by atoms with E-state index in [1.54, 1.807) is 6.33 Å². The topological polar surface area (TPSA) is 61.4 Å². The first-order valence-corrected chi connectivity index (χ1v) is 9.70. The van der Waals surface area contributed by atoms with E-state index in [1.807, 2.05) is 32.0 Å². The summed E-state index contributed by atoms with van der Waals surface area (Å²) < 4.78 is 0. The molecule has 0 radical (unpaired) electrons. The van der Waals surface area contributed by atoms with Gasteiger partial charge in [-0.15, -0.1) is 0 Å². The van der Waals surface area contributed by atoms with Gasteiger partial charge < -0.3 is 10.2 Å². The zero-order valence-electron chi connectivity index (χ0n) is 16.1. The molecule has 1 saturated heterocycles. The number of nitrogens with zero attached hydrogens (tertiary/aromatic N) is 4. The molecule has 3 rings (SSSR count). The van der Waals surface area contributed by atoms with Crippen LogP contribution in [0, 0.1) is 13.8 Å². The molecule has 0 atom stereocenters. The van der Waals surface area contributed by atoms with Crippen molar-refractivity contribution in [2.75, 3.05) is 42.9 Å². The number of piperazine rings is 1. The number of carbonyl (C=O) groups excluding carboxylic acids is 1. The van der Waals surface area contributed by atoms with E-state index in [-0.39, 0.29) is 5.91 Å². The summed E-state index contributed by atoms with van der Waals surface area (Å²) in [6.07, 6.45) is 2.56. The van der Waals surface area contributed by atoms with Crippen LogP contribution in [0.3, 0.4) is 0 Å². The largest absolute Gasteiger partial charge is 0.354 e. The van der Waals surface area contributed by atoms with Gasteiger partial charge >= 0.3 is 0 Å². The van der Waals surface area contributed by atoms with Crippen LogP contribution in [0.15, 0.2) is 24.5 Å². The first-order chi connectivity index (χ1) is 13.0. The molecular formula is C20H26ClN5O. The fourth-order valence-corrected chi connectivity index (χ4v) is 3.60. The first-order valence-electron chi connectivity index (χ1n) is 9.32. The molecule has 7 heteroatoms. The summed E-state index contributed by atoms with van der Waals surface area (Å²) in [5.74, 6) is 1.02. The predicted molar refractivity (Wildman–Crippen MR) is 110 cm³/mol. The highest BCUT2D eigenvalue weighted by atomic mass is 35.5. The number of benzene rings is 1. The molecule has 0 saturated carbocycles. The molecule has 6 nitrogen and oxygen atoms in total. The lowest BCUT2D eigenvalue weighted by molar-refractivity contribution is -0.117. The number of nitrogens with one attached hydrogen (secondary N) is 1. The van der Waals surface area contributed by atoms with Crippen LogP contribution in [0.5, 0.6) is 0 Å². The van der Waals surface area contributed by atoms with Gasteiger partial charge in [0.25, 0.3) is 0 Å². The van der Waals surface area contributed by atoms with Gasteiger partial charge in [-0.1, -0.05) is 24.6 Å².